The van der Waals surface area contributed by atoms with E-state index in [1.54, 1.807) is 42.6 Å². The zero-order chi connectivity index (χ0) is 20.6. The van der Waals surface area contributed by atoms with E-state index < -0.39 is 16.1 Å². The van der Waals surface area contributed by atoms with E-state index in [2.05, 4.69) is 15.3 Å². The van der Waals surface area contributed by atoms with Gasteiger partial charge in [0.05, 0.1) is 17.1 Å². The Kier molecular flexibility index (Phi) is 5.30. The topological polar surface area (TPSA) is 118 Å². The molecule has 0 spiro atoms. The Labute approximate surface area is 171 Å². The minimum absolute atomic E-state index is 0.184. The van der Waals surface area contributed by atoms with Gasteiger partial charge in [0.15, 0.2) is 0 Å². The number of aromatic amines is 2. The van der Waals surface area contributed by atoms with Gasteiger partial charge in [-0.25, -0.2) is 13.2 Å². The molecule has 1 saturated heterocycles. The first-order valence-electron chi connectivity index (χ1n) is 9.15. The Morgan fingerprint density at radius 1 is 1.14 bits per heavy atom. The van der Waals surface area contributed by atoms with Crippen molar-refractivity contribution in [2.75, 3.05) is 31.5 Å². The normalized spacial score (nSPS) is 17.4. The first-order valence-corrected chi connectivity index (χ1v) is 11.5. The maximum Gasteiger partial charge on any atom is 0.323 e. The van der Waals surface area contributed by atoms with Crippen LogP contribution >= 0.6 is 11.3 Å². The Hall–Kier alpha value is -2.47. The number of carbonyl (C=O) groups is 1. The molecule has 2 aromatic heterocycles. The number of imidazole rings is 1. The molecule has 1 aliphatic heterocycles. The molecule has 3 aromatic rings. The maximum absolute atomic E-state index is 12.7. The van der Waals surface area contributed by atoms with Gasteiger partial charge in [0, 0.05) is 31.9 Å². The minimum atomic E-state index is -3.46. The number of H-pyrrole nitrogens is 2. The highest BCUT2D eigenvalue weighted by Gasteiger charge is 2.32. The second-order valence-electron chi connectivity index (χ2n) is 6.88. The smallest absolute Gasteiger partial charge is 0.323 e. The highest BCUT2D eigenvalue weighted by molar-refractivity contribution is 7.91. The number of rotatable bonds is 5. The van der Waals surface area contributed by atoms with Crippen molar-refractivity contribution < 1.29 is 13.2 Å². The van der Waals surface area contributed by atoms with Crippen LogP contribution in [0, 0.1) is 0 Å². The monoisotopic (exact) mass is 435 g/mol. The summed E-state index contributed by atoms with van der Waals surface area (Å²) < 4.78 is 27.0. The lowest BCUT2D eigenvalue weighted by atomic mass is 10.2. The molecule has 0 saturated carbocycles. The number of benzene rings is 1. The number of nitrogens with one attached hydrogen (secondary N) is 3. The van der Waals surface area contributed by atoms with Gasteiger partial charge in [0.25, 0.3) is 10.0 Å². The molecule has 3 heterocycles. The molecule has 154 valence electrons. The van der Waals surface area contributed by atoms with Crippen molar-refractivity contribution in [2.24, 2.45) is 0 Å². The van der Waals surface area contributed by atoms with Gasteiger partial charge in [-0.05, 0) is 36.6 Å². The van der Waals surface area contributed by atoms with Crippen LogP contribution < -0.4 is 11.0 Å². The molecule has 1 amide bonds. The zero-order valence-electron chi connectivity index (χ0n) is 15.7. The van der Waals surface area contributed by atoms with Crippen molar-refractivity contribution in [1.29, 1.82) is 0 Å². The molecule has 0 radical (unpaired) electrons. The van der Waals surface area contributed by atoms with Crippen molar-refractivity contribution in [3.05, 3.63) is 46.2 Å². The third kappa shape index (κ3) is 3.99. The fraction of sp³-hybridized carbons (Fsp3) is 0.333. The van der Waals surface area contributed by atoms with Crippen LogP contribution in [0.5, 0.6) is 0 Å². The van der Waals surface area contributed by atoms with Gasteiger partial charge in [-0.3, -0.25) is 9.69 Å². The molecule has 1 aromatic carbocycles. The number of anilines is 1. The van der Waals surface area contributed by atoms with Crippen LogP contribution in [0.25, 0.3) is 11.0 Å². The second kappa shape index (κ2) is 7.75. The summed E-state index contributed by atoms with van der Waals surface area (Å²) in [6.45, 7) is 3.44. The summed E-state index contributed by atoms with van der Waals surface area (Å²) in [6.07, 6.45) is 0. The van der Waals surface area contributed by atoms with Crippen molar-refractivity contribution in [1.82, 2.24) is 19.2 Å². The summed E-state index contributed by atoms with van der Waals surface area (Å²) in [6, 6.07) is 8.06. The third-order valence-corrected chi connectivity index (χ3v) is 8.34. The molecule has 29 heavy (non-hydrogen) atoms. The van der Waals surface area contributed by atoms with Crippen LogP contribution in [-0.2, 0) is 14.8 Å². The van der Waals surface area contributed by atoms with Gasteiger partial charge in [-0.2, -0.15) is 4.31 Å². The molecule has 9 nitrogen and oxygen atoms in total. The lowest BCUT2D eigenvalue weighted by Crippen LogP contribution is -2.53. The number of hydrogen-bond acceptors (Lipinski definition) is 6. The fourth-order valence-electron chi connectivity index (χ4n) is 3.39. The highest BCUT2D eigenvalue weighted by atomic mass is 32.2. The van der Waals surface area contributed by atoms with Crippen LogP contribution in [0.1, 0.15) is 6.92 Å². The predicted octanol–water partition coefficient (Wildman–Crippen LogP) is 1.25. The first-order chi connectivity index (χ1) is 13.8. The highest BCUT2D eigenvalue weighted by Crippen LogP contribution is 2.23. The molecule has 1 fully saturated rings. The SMILES string of the molecule is CC(C(=O)Nc1ccc2[nH]c(=O)[nH]c2c1)N1CCN(S(=O)(=O)c2cccs2)CC1. The minimum Gasteiger partial charge on any atom is -0.325 e. The average molecular weight is 436 g/mol. The lowest BCUT2D eigenvalue weighted by Gasteiger charge is -2.36. The Morgan fingerprint density at radius 3 is 2.55 bits per heavy atom. The average Bonchev–Trinajstić information content (AvgIpc) is 3.36. The molecule has 11 heteroatoms. The molecule has 3 N–H and O–H groups in total. The number of amides is 1. The standard InChI is InChI=1S/C18H21N5O4S2/c1-12(17(24)19-13-4-5-14-15(11-13)21-18(25)20-14)22-6-8-23(9-7-22)29(26,27)16-3-2-10-28-16/h2-5,10-12H,6-9H2,1H3,(H,19,24)(H2,20,21,25). The number of aromatic nitrogens is 2. The van der Waals surface area contributed by atoms with E-state index in [1.165, 1.54) is 15.6 Å². The lowest BCUT2D eigenvalue weighted by molar-refractivity contribution is -0.121. The number of thiophene rings is 1. The van der Waals surface area contributed by atoms with Gasteiger partial charge in [0.1, 0.15) is 4.21 Å². The van der Waals surface area contributed by atoms with E-state index in [-0.39, 0.29) is 11.6 Å². The Balaban J connectivity index is 1.37. The summed E-state index contributed by atoms with van der Waals surface area (Å²) in [7, 11) is -3.46. The number of carbonyl (C=O) groups excluding carboxylic acids is 1. The first kappa shape index (κ1) is 19.8. The fourth-order valence-corrected chi connectivity index (χ4v) is 5.96. The van der Waals surface area contributed by atoms with Crippen LogP contribution in [0.4, 0.5) is 5.69 Å². The van der Waals surface area contributed by atoms with E-state index in [9.17, 15) is 18.0 Å². The summed E-state index contributed by atoms with van der Waals surface area (Å²) >= 11 is 1.21. The number of nitrogens with zero attached hydrogens (tertiary/aromatic N) is 2. The van der Waals surface area contributed by atoms with Crippen molar-refractivity contribution in [3.63, 3.8) is 0 Å². The van der Waals surface area contributed by atoms with Gasteiger partial charge < -0.3 is 15.3 Å². The molecule has 0 bridgehead atoms. The van der Waals surface area contributed by atoms with E-state index in [1.807, 2.05) is 4.90 Å². The summed E-state index contributed by atoms with van der Waals surface area (Å²) in [5, 5.41) is 4.60. The molecule has 1 unspecified atom stereocenters. The van der Waals surface area contributed by atoms with E-state index in [0.29, 0.717) is 47.1 Å². The zero-order valence-corrected chi connectivity index (χ0v) is 17.3. The van der Waals surface area contributed by atoms with Gasteiger partial charge in [-0.1, -0.05) is 6.07 Å². The Morgan fingerprint density at radius 2 is 1.86 bits per heavy atom. The third-order valence-electron chi connectivity index (χ3n) is 5.07. The number of piperazine rings is 1. The largest absolute Gasteiger partial charge is 0.325 e. The number of sulfonamides is 1. The Bertz CT molecular complexity index is 1170. The van der Waals surface area contributed by atoms with Crippen LogP contribution in [0.2, 0.25) is 0 Å². The second-order valence-corrected chi connectivity index (χ2v) is 9.99. The van der Waals surface area contributed by atoms with Crippen molar-refractivity contribution in [3.8, 4) is 0 Å². The molecule has 1 atom stereocenters. The number of fused-ring (bicyclic) bond motifs is 1. The van der Waals surface area contributed by atoms with Gasteiger partial charge in [-0.15, -0.1) is 11.3 Å². The maximum atomic E-state index is 12.7. The van der Waals surface area contributed by atoms with Crippen LogP contribution in [0.3, 0.4) is 0 Å². The van der Waals surface area contributed by atoms with Gasteiger partial charge >= 0.3 is 5.69 Å². The summed E-state index contributed by atoms with van der Waals surface area (Å²) in [5.41, 5.74) is 1.58. The van der Waals surface area contributed by atoms with Gasteiger partial charge in [0.2, 0.25) is 5.91 Å². The summed E-state index contributed by atoms with van der Waals surface area (Å²) in [4.78, 5) is 31.3. The molecule has 4 rings (SSSR count). The molecular formula is C18H21N5O4S2. The van der Waals surface area contributed by atoms with Crippen LogP contribution in [0.15, 0.2) is 44.7 Å². The van der Waals surface area contributed by atoms with Crippen molar-refractivity contribution in [2.45, 2.75) is 17.2 Å². The molecular weight excluding hydrogens is 414 g/mol. The number of hydrogen-bond donors (Lipinski definition) is 3. The summed E-state index contributed by atoms with van der Waals surface area (Å²) in [5.74, 6) is -0.184. The van der Waals surface area contributed by atoms with E-state index in [4.69, 9.17) is 0 Å². The van der Waals surface area contributed by atoms with E-state index in [0.717, 1.165) is 0 Å². The van der Waals surface area contributed by atoms with Crippen molar-refractivity contribution >= 4 is 44.0 Å². The van der Waals surface area contributed by atoms with E-state index >= 15 is 0 Å². The molecule has 1 aliphatic rings. The predicted molar refractivity (Wildman–Crippen MR) is 112 cm³/mol. The van der Waals surface area contributed by atoms with Crippen LogP contribution in [-0.4, -0.2) is 65.7 Å². The molecule has 0 aliphatic carbocycles. The quantitative estimate of drug-likeness (QED) is 0.557.